The highest BCUT2D eigenvalue weighted by Crippen LogP contribution is 2.31. The molecule has 1 aromatic heterocycles. The Bertz CT molecular complexity index is 259. The van der Waals surface area contributed by atoms with Crippen molar-refractivity contribution in [3.05, 3.63) is 30.1 Å². The van der Waals surface area contributed by atoms with Crippen LogP contribution >= 0.6 is 0 Å². The zero-order valence-corrected chi connectivity index (χ0v) is 6.55. The Labute approximate surface area is 72.7 Å². The number of aromatic nitrogens is 1. The fourth-order valence-corrected chi connectivity index (χ4v) is 0.926. The van der Waals surface area contributed by atoms with Gasteiger partial charge in [0, 0.05) is 12.4 Å². The molecule has 0 bridgehead atoms. The molecule has 0 saturated heterocycles. The Morgan fingerprint density at radius 3 is 2.54 bits per heavy atom. The number of halogens is 3. The first-order valence-electron chi connectivity index (χ1n) is 3.48. The van der Waals surface area contributed by atoms with Gasteiger partial charge in [0.2, 0.25) is 0 Å². The molecule has 0 aliphatic rings. The average Bonchev–Trinajstić information content (AvgIpc) is 2.05. The summed E-state index contributed by atoms with van der Waals surface area (Å²) < 4.78 is 36.7. The van der Waals surface area contributed by atoms with E-state index >= 15 is 0 Å². The third-order valence-electron chi connectivity index (χ3n) is 1.51. The molecule has 0 amide bonds. The van der Waals surface area contributed by atoms with Gasteiger partial charge in [-0.15, -0.1) is 0 Å². The maximum atomic E-state index is 12.2. The van der Waals surface area contributed by atoms with Crippen LogP contribution in [0, 0.1) is 0 Å². The second-order valence-electron chi connectivity index (χ2n) is 2.43. The molecule has 0 aromatic carbocycles. The van der Waals surface area contributed by atoms with Gasteiger partial charge in [-0.05, 0) is 11.6 Å². The van der Waals surface area contributed by atoms with Gasteiger partial charge in [0.1, 0.15) is 6.04 Å². The highest BCUT2D eigenvalue weighted by atomic mass is 19.4. The van der Waals surface area contributed by atoms with Crippen LogP contribution in [0.1, 0.15) is 11.6 Å². The summed E-state index contributed by atoms with van der Waals surface area (Å²) >= 11 is 0. The summed E-state index contributed by atoms with van der Waals surface area (Å²) in [6, 6.07) is 0.873. The number of nitrogens with two attached hydrogens (primary N) is 1. The van der Waals surface area contributed by atoms with Gasteiger partial charge in [-0.3, -0.25) is 10.8 Å². The molecule has 1 aromatic rings. The van der Waals surface area contributed by atoms with Crippen molar-refractivity contribution < 1.29 is 13.2 Å². The normalized spacial score (nSPS) is 14.2. The van der Waals surface area contributed by atoms with E-state index in [4.69, 9.17) is 5.84 Å². The molecule has 1 rings (SSSR count). The Balaban J connectivity index is 2.92. The lowest BCUT2D eigenvalue weighted by Crippen LogP contribution is -2.38. The van der Waals surface area contributed by atoms with Crippen LogP contribution in [-0.4, -0.2) is 11.2 Å². The summed E-state index contributed by atoms with van der Waals surface area (Å²) in [5.74, 6) is 4.79. The topological polar surface area (TPSA) is 50.9 Å². The number of nitrogens with zero attached hydrogens (tertiary/aromatic N) is 1. The monoisotopic (exact) mass is 191 g/mol. The number of hydrogen-bond acceptors (Lipinski definition) is 3. The van der Waals surface area contributed by atoms with Crippen molar-refractivity contribution in [2.75, 3.05) is 0 Å². The van der Waals surface area contributed by atoms with Gasteiger partial charge in [-0.25, -0.2) is 5.43 Å². The van der Waals surface area contributed by atoms with Crippen LogP contribution in [0.2, 0.25) is 0 Å². The molecule has 3 nitrogen and oxygen atoms in total. The van der Waals surface area contributed by atoms with Gasteiger partial charge < -0.3 is 0 Å². The van der Waals surface area contributed by atoms with E-state index in [1.807, 2.05) is 0 Å². The molecule has 6 heteroatoms. The zero-order valence-electron chi connectivity index (χ0n) is 6.55. The highest BCUT2D eigenvalue weighted by Gasteiger charge is 2.40. The number of hydrazine groups is 1. The van der Waals surface area contributed by atoms with Gasteiger partial charge >= 0.3 is 6.18 Å². The standard InChI is InChI=1S/C7H8F3N3/c8-7(9,10)6(13-11)5-2-1-3-12-4-5/h1-4,6,13H,11H2. The van der Waals surface area contributed by atoms with Crippen LogP contribution in [0.5, 0.6) is 0 Å². The Kier molecular flexibility index (Phi) is 2.84. The van der Waals surface area contributed by atoms with E-state index < -0.39 is 12.2 Å². The fourth-order valence-electron chi connectivity index (χ4n) is 0.926. The molecule has 1 heterocycles. The summed E-state index contributed by atoms with van der Waals surface area (Å²) in [7, 11) is 0. The predicted octanol–water partition coefficient (Wildman–Crippen LogP) is 1.15. The quantitative estimate of drug-likeness (QED) is 0.544. The molecule has 1 atom stereocenters. The minimum atomic E-state index is -4.40. The summed E-state index contributed by atoms with van der Waals surface area (Å²) in [6.45, 7) is 0. The van der Waals surface area contributed by atoms with Gasteiger partial charge in [0.05, 0.1) is 0 Å². The minimum Gasteiger partial charge on any atom is -0.271 e. The number of alkyl halides is 3. The molecule has 0 spiro atoms. The van der Waals surface area contributed by atoms with Crippen molar-refractivity contribution in [2.45, 2.75) is 12.2 Å². The Morgan fingerprint density at radius 2 is 2.15 bits per heavy atom. The maximum Gasteiger partial charge on any atom is 0.409 e. The third-order valence-corrected chi connectivity index (χ3v) is 1.51. The van der Waals surface area contributed by atoms with Crippen molar-refractivity contribution in [2.24, 2.45) is 5.84 Å². The molecule has 0 aliphatic carbocycles. The molecule has 0 saturated carbocycles. The highest BCUT2D eigenvalue weighted by molar-refractivity contribution is 5.15. The smallest absolute Gasteiger partial charge is 0.271 e. The summed E-state index contributed by atoms with van der Waals surface area (Å²) in [5.41, 5.74) is 1.69. The van der Waals surface area contributed by atoms with E-state index in [-0.39, 0.29) is 5.56 Å². The first-order chi connectivity index (χ1) is 6.05. The SMILES string of the molecule is NNC(c1cccnc1)C(F)(F)F. The number of pyridine rings is 1. The molecule has 0 fully saturated rings. The Hall–Kier alpha value is -1.14. The molecule has 1 unspecified atom stereocenters. The van der Waals surface area contributed by atoms with Crippen LogP contribution in [0.15, 0.2) is 24.5 Å². The van der Waals surface area contributed by atoms with E-state index in [2.05, 4.69) is 4.98 Å². The molecule has 0 radical (unpaired) electrons. The van der Waals surface area contributed by atoms with Crippen molar-refractivity contribution in [3.63, 3.8) is 0 Å². The second kappa shape index (κ2) is 3.71. The van der Waals surface area contributed by atoms with E-state index in [9.17, 15) is 13.2 Å². The van der Waals surface area contributed by atoms with Crippen molar-refractivity contribution >= 4 is 0 Å². The van der Waals surface area contributed by atoms with Crippen molar-refractivity contribution in [3.8, 4) is 0 Å². The molecular weight excluding hydrogens is 183 g/mol. The van der Waals surface area contributed by atoms with Crippen LogP contribution < -0.4 is 11.3 Å². The summed E-state index contributed by atoms with van der Waals surface area (Å²) in [5, 5.41) is 0. The van der Waals surface area contributed by atoms with E-state index in [0.717, 1.165) is 6.20 Å². The molecule has 0 aliphatic heterocycles. The number of rotatable bonds is 2. The van der Waals surface area contributed by atoms with Crippen LogP contribution in [0.4, 0.5) is 13.2 Å². The number of hydrogen-bond donors (Lipinski definition) is 2. The molecule has 3 N–H and O–H groups in total. The lowest BCUT2D eigenvalue weighted by atomic mass is 10.1. The summed E-state index contributed by atoms with van der Waals surface area (Å²) in [4.78, 5) is 3.57. The first kappa shape index (κ1) is 9.94. The predicted molar refractivity (Wildman–Crippen MR) is 40.4 cm³/mol. The fraction of sp³-hybridized carbons (Fsp3) is 0.286. The van der Waals surface area contributed by atoms with Crippen LogP contribution in [-0.2, 0) is 0 Å². The largest absolute Gasteiger partial charge is 0.409 e. The van der Waals surface area contributed by atoms with Gasteiger partial charge in [-0.2, -0.15) is 13.2 Å². The van der Waals surface area contributed by atoms with Crippen molar-refractivity contribution in [1.29, 1.82) is 0 Å². The minimum absolute atomic E-state index is 0.00231. The average molecular weight is 191 g/mol. The van der Waals surface area contributed by atoms with Crippen molar-refractivity contribution in [1.82, 2.24) is 10.4 Å². The lowest BCUT2D eigenvalue weighted by Gasteiger charge is -2.18. The molecule has 72 valence electrons. The maximum absolute atomic E-state index is 12.2. The van der Waals surface area contributed by atoms with E-state index in [1.54, 1.807) is 5.43 Å². The van der Waals surface area contributed by atoms with Crippen LogP contribution in [0.25, 0.3) is 0 Å². The lowest BCUT2D eigenvalue weighted by molar-refractivity contribution is -0.157. The number of nitrogens with one attached hydrogen (secondary N) is 1. The van der Waals surface area contributed by atoms with Gasteiger partial charge in [0.15, 0.2) is 0 Å². The molecular formula is C7H8F3N3. The summed E-state index contributed by atoms with van der Waals surface area (Å²) in [6.07, 6.45) is -1.89. The van der Waals surface area contributed by atoms with E-state index in [1.165, 1.54) is 18.3 Å². The Morgan fingerprint density at radius 1 is 1.46 bits per heavy atom. The third kappa shape index (κ3) is 2.40. The van der Waals surface area contributed by atoms with E-state index in [0.29, 0.717) is 0 Å². The van der Waals surface area contributed by atoms with Gasteiger partial charge in [0.25, 0.3) is 0 Å². The molecule has 13 heavy (non-hydrogen) atoms. The second-order valence-corrected chi connectivity index (χ2v) is 2.43. The van der Waals surface area contributed by atoms with Gasteiger partial charge in [-0.1, -0.05) is 6.07 Å². The first-order valence-corrected chi connectivity index (χ1v) is 3.48. The zero-order chi connectivity index (χ0) is 9.90. The van der Waals surface area contributed by atoms with Crippen LogP contribution in [0.3, 0.4) is 0 Å².